The van der Waals surface area contributed by atoms with Gasteiger partial charge in [-0.15, -0.1) is 0 Å². The third-order valence-electron chi connectivity index (χ3n) is 3.47. The Labute approximate surface area is 153 Å². The lowest BCUT2D eigenvalue weighted by atomic mass is 10.1. The van der Waals surface area contributed by atoms with E-state index in [1.807, 2.05) is 0 Å². The molecule has 3 rings (SSSR count). The summed E-state index contributed by atoms with van der Waals surface area (Å²) < 4.78 is 0. The van der Waals surface area contributed by atoms with Gasteiger partial charge in [-0.3, -0.25) is 14.6 Å². The van der Waals surface area contributed by atoms with Crippen LogP contribution in [0, 0.1) is 0 Å². The number of hydrogen-bond acceptors (Lipinski definition) is 7. The first-order chi connectivity index (χ1) is 12.6. The number of carbonyl (C=O) groups is 2. The second-order valence-electron chi connectivity index (χ2n) is 5.28. The average molecular weight is 368 g/mol. The molecule has 2 amide bonds. The van der Waals surface area contributed by atoms with E-state index in [0.717, 1.165) is 22.6 Å². The summed E-state index contributed by atoms with van der Waals surface area (Å²) in [5, 5.41) is 6.44. The predicted octanol–water partition coefficient (Wildman–Crippen LogP) is 2.09. The molecule has 0 atom stereocenters. The molecule has 3 aromatic rings. The first kappa shape index (κ1) is 17.5. The second kappa shape index (κ2) is 7.72. The molecule has 8 nitrogen and oxygen atoms in total. The van der Waals surface area contributed by atoms with Crippen molar-refractivity contribution in [2.45, 2.75) is 6.54 Å². The van der Waals surface area contributed by atoms with E-state index in [1.165, 1.54) is 0 Å². The summed E-state index contributed by atoms with van der Waals surface area (Å²) in [6.07, 6.45) is 3.25. The first-order valence-corrected chi connectivity index (χ1v) is 8.46. The van der Waals surface area contributed by atoms with Gasteiger partial charge < -0.3 is 22.1 Å². The highest BCUT2D eigenvalue weighted by Crippen LogP contribution is 2.30. The van der Waals surface area contributed by atoms with Gasteiger partial charge in [-0.2, -0.15) is 0 Å². The van der Waals surface area contributed by atoms with Crippen molar-refractivity contribution >= 4 is 39.0 Å². The van der Waals surface area contributed by atoms with Gasteiger partial charge in [0.25, 0.3) is 11.8 Å². The molecule has 2 heterocycles. The van der Waals surface area contributed by atoms with Crippen LogP contribution in [0.2, 0.25) is 0 Å². The number of aromatic nitrogens is 2. The van der Waals surface area contributed by atoms with Gasteiger partial charge in [0, 0.05) is 30.2 Å². The van der Waals surface area contributed by atoms with Gasteiger partial charge in [0.15, 0.2) is 10.8 Å². The third-order valence-corrected chi connectivity index (χ3v) is 4.36. The number of benzene rings is 1. The molecule has 0 saturated carbocycles. The van der Waals surface area contributed by atoms with Gasteiger partial charge in [-0.05, 0) is 29.8 Å². The average Bonchev–Trinajstić information content (AvgIpc) is 3.05. The number of thiazole rings is 1. The number of pyridine rings is 1. The number of nitrogens with zero attached hydrogens (tertiary/aromatic N) is 2. The molecule has 0 bridgehead atoms. The zero-order chi connectivity index (χ0) is 18.5. The highest BCUT2D eigenvalue weighted by Gasteiger charge is 2.19. The van der Waals surface area contributed by atoms with Gasteiger partial charge in [0.05, 0.1) is 0 Å². The van der Waals surface area contributed by atoms with Crippen LogP contribution in [0.1, 0.15) is 26.4 Å². The molecule has 0 aliphatic carbocycles. The lowest BCUT2D eigenvalue weighted by Gasteiger charge is -2.04. The second-order valence-corrected chi connectivity index (χ2v) is 6.28. The molecule has 0 aliphatic heterocycles. The summed E-state index contributed by atoms with van der Waals surface area (Å²) in [5.74, 6) is -1.09. The summed E-state index contributed by atoms with van der Waals surface area (Å²) in [4.78, 5) is 32.2. The highest BCUT2D eigenvalue weighted by molar-refractivity contribution is 7.20. The molecule has 0 spiro atoms. The number of hydrogen-bond donors (Lipinski definition) is 4. The molecule has 0 aliphatic rings. The number of primary amides is 1. The zero-order valence-corrected chi connectivity index (χ0v) is 14.4. The SMILES string of the molecule is NCc1ccc(C(=O)Nc2sc(Nc3ccncc3)nc2C(N)=O)cc1. The van der Waals surface area contributed by atoms with Crippen molar-refractivity contribution in [3.63, 3.8) is 0 Å². The van der Waals surface area contributed by atoms with Crippen LogP contribution in [0.3, 0.4) is 0 Å². The van der Waals surface area contributed by atoms with Gasteiger partial charge in [0.2, 0.25) is 0 Å². The van der Waals surface area contributed by atoms with Crippen LogP contribution < -0.4 is 22.1 Å². The molecule has 26 heavy (non-hydrogen) atoms. The number of carbonyl (C=O) groups excluding carboxylic acids is 2. The Bertz CT molecular complexity index is 924. The van der Waals surface area contributed by atoms with Crippen LogP contribution in [0.25, 0.3) is 0 Å². The Morgan fingerprint density at radius 2 is 1.77 bits per heavy atom. The van der Waals surface area contributed by atoms with Gasteiger partial charge in [0.1, 0.15) is 5.00 Å². The summed E-state index contributed by atoms with van der Waals surface area (Å²) >= 11 is 1.12. The summed E-state index contributed by atoms with van der Waals surface area (Å²) in [5.41, 5.74) is 13.0. The number of nitrogens with one attached hydrogen (secondary N) is 2. The molecule has 2 aromatic heterocycles. The summed E-state index contributed by atoms with van der Waals surface area (Å²) in [6.45, 7) is 0.395. The maximum Gasteiger partial charge on any atom is 0.270 e. The fraction of sp³-hybridized carbons (Fsp3) is 0.0588. The summed E-state index contributed by atoms with van der Waals surface area (Å²) in [7, 11) is 0. The van der Waals surface area contributed by atoms with E-state index in [-0.39, 0.29) is 16.6 Å². The minimum Gasteiger partial charge on any atom is -0.364 e. The van der Waals surface area contributed by atoms with Crippen molar-refractivity contribution in [3.05, 3.63) is 65.6 Å². The molecule has 132 valence electrons. The number of nitrogens with two attached hydrogens (primary N) is 2. The molecule has 0 fully saturated rings. The number of rotatable bonds is 6. The van der Waals surface area contributed by atoms with E-state index in [0.29, 0.717) is 17.2 Å². The quantitative estimate of drug-likeness (QED) is 0.526. The fourth-order valence-electron chi connectivity index (χ4n) is 2.15. The monoisotopic (exact) mass is 368 g/mol. The molecule has 6 N–H and O–H groups in total. The Hall–Kier alpha value is -3.30. The Balaban J connectivity index is 1.81. The highest BCUT2D eigenvalue weighted by atomic mass is 32.1. The molecular formula is C17H16N6O2S. The standard InChI is InChI=1S/C17H16N6O2S/c18-9-10-1-3-11(4-2-10)15(25)23-16-13(14(19)24)22-17(26-16)21-12-5-7-20-8-6-12/h1-8H,9,18H2,(H2,19,24)(H,23,25)(H,20,21,22). The van der Waals surface area contributed by atoms with Crippen molar-refractivity contribution in [3.8, 4) is 0 Å². The van der Waals surface area contributed by atoms with Crippen LogP contribution in [-0.4, -0.2) is 21.8 Å². The van der Waals surface area contributed by atoms with Crippen LogP contribution in [0.5, 0.6) is 0 Å². The van der Waals surface area contributed by atoms with E-state index >= 15 is 0 Å². The Kier molecular flexibility index (Phi) is 5.20. The van der Waals surface area contributed by atoms with E-state index in [9.17, 15) is 9.59 Å². The van der Waals surface area contributed by atoms with Crippen LogP contribution in [-0.2, 0) is 6.54 Å². The maximum absolute atomic E-state index is 12.4. The smallest absolute Gasteiger partial charge is 0.270 e. The topological polar surface area (TPSA) is 136 Å². The van der Waals surface area contributed by atoms with Crippen LogP contribution in [0.15, 0.2) is 48.8 Å². The minimum absolute atomic E-state index is 0.00140. The van der Waals surface area contributed by atoms with Crippen molar-refractivity contribution in [1.82, 2.24) is 9.97 Å². The van der Waals surface area contributed by atoms with Crippen LogP contribution >= 0.6 is 11.3 Å². The molecule has 9 heteroatoms. The van der Waals surface area contributed by atoms with E-state index in [2.05, 4.69) is 20.6 Å². The van der Waals surface area contributed by atoms with E-state index < -0.39 is 5.91 Å². The Morgan fingerprint density at radius 1 is 1.08 bits per heavy atom. The Morgan fingerprint density at radius 3 is 2.38 bits per heavy atom. The lowest BCUT2D eigenvalue weighted by Crippen LogP contribution is -2.17. The lowest BCUT2D eigenvalue weighted by molar-refractivity contribution is 0.0997. The van der Waals surface area contributed by atoms with Gasteiger partial charge in [-0.25, -0.2) is 4.98 Å². The maximum atomic E-state index is 12.4. The minimum atomic E-state index is -0.724. The van der Waals surface area contributed by atoms with Crippen LogP contribution in [0.4, 0.5) is 15.8 Å². The van der Waals surface area contributed by atoms with E-state index in [4.69, 9.17) is 11.5 Å². The first-order valence-electron chi connectivity index (χ1n) is 7.65. The normalized spacial score (nSPS) is 10.3. The van der Waals surface area contributed by atoms with Crippen molar-refractivity contribution in [2.24, 2.45) is 11.5 Å². The fourth-order valence-corrected chi connectivity index (χ4v) is 3.04. The molecule has 0 saturated heterocycles. The molecular weight excluding hydrogens is 352 g/mol. The molecule has 0 unspecified atom stereocenters. The van der Waals surface area contributed by atoms with Gasteiger partial charge in [-0.1, -0.05) is 23.5 Å². The van der Waals surface area contributed by atoms with E-state index in [1.54, 1.807) is 48.8 Å². The van der Waals surface area contributed by atoms with Crippen molar-refractivity contribution in [2.75, 3.05) is 10.6 Å². The van der Waals surface area contributed by atoms with Crippen molar-refractivity contribution < 1.29 is 9.59 Å². The number of anilines is 3. The van der Waals surface area contributed by atoms with Gasteiger partial charge >= 0.3 is 0 Å². The predicted molar refractivity (Wildman–Crippen MR) is 100 cm³/mol. The van der Waals surface area contributed by atoms with Crippen molar-refractivity contribution in [1.29, 1.82) is 0 Å². The number of amides is 2. The molecule has 1 aromatic carbocycles. The molecule has 0 radical (unpaired) electrons. The zero-order valence-electron chi connectivity index (χ0n) is 13.6. The largest absolute Gasteiger partial charge is 0.364 e. The summed E-state index contributed by atoms with van der Waals surface area (Å²) in [6, 6.07) is 10.4. The third kappa shape index (κ3) is 4.02.